The molecular weight excluding hydrogens is 510 g/mol. The van der Waals surface area contributed by atoms with Gasteiger partial charge < -0.3 is 40.5 Å². The van der Waals surface area contributed by atoms with Gasteiger partial charge in [-0.25, -0.2) is 0 Å². The van der Waals surface area contributed by atoms with E-state index in [-0.39, 0.29) is 37.0 Å². The highest BCUT2D eigenvalue weighted by molar-refractivity contribution is 5.83. The van der Waals surface area contributed by atoms with Crippen LogP contribution in [0.3, 0.4) is 0 Å². The Morgan fingerprint density at radius 1 is 1.23 bits per heavy atom. The SMILES string of the molecule is CCCCC1[OH+][C-](CCc2ccc(O)c(OC[C@H](O)C3=C[C+]([C@H](C)[C@H](CNC)NC[C@H](C)O)C=N3)c2)C=C1CO. The number of aromatic hydroxyl groups is 1. The van der Waals surface area contributed by atoms with E-state index in [1.807, 2.05) is 25.3 Å². The van der Waals surface area contributed by atoms with Crippen LogP contribution in [0.25, 0.3) is 0 Å². The number of aliphatic hydroxyl groups excluding tert-OH is 3. The van der Waals surface area contributed by atoms with E-state index in [2.05, 4.69) is 29.5 Å². The van der Waals surface area contributed by atoms with Gasteiger partial charge in [-0.2, -0.15) is 0 Å². The van der Waals surface area contributed by atoms with E-state index in [4.69, 9.17) is 9.47 Å². The van der Waals surface area contributed by atoms with Crippen molar-refractivity contribution in [3.8, 4) is 11.5 Å². The molecule has 1 unspecified atom stereocenters. The van der Waals surface area contributed by atoms with Gasteiger partial charge in [0.1, 0.15) is 30.9 Å². The summed E-state index contributed by atoms with van der Waals surface area (Å²) in [5.74, 6) is 1.42. The van der Waals surface area contributed by atoms with Gasteiger partial charge in [-0.05, 0) is 57.9 Å². The van der Waals surface area contributed by atoms with Gasteiger partial charge in [0.15, 0.2) is 17.6 Å². The number of nitrogens with one attached hydrogen (secondary N) is 2. The minimum Gasteiger partial charge on any atom is -0.504 e. The van der Waals surface area contributed by atoms with Gasteiger partial charge in [0.2, 0.25) is 5.70 Å². The Bertz CT molecular complexity index is 1010. The summed E-state index contributed by atoms with van der Waals surface area (Å²) in [5, 5.41) is 47.0. The van der Waals surface area contributed by atoms with Crippen molar-refractivity contribution in [3.63, 3.8) is 0 Å². The summed E-state index contributed by atoms with van der Waals surface area (Å²) in [6.45, 7) is 7.20. The van der Waals surface area contributed by atoms with Gasteiger partial charge in [0, 0.05) is 32.2 Å². The highest BCUT2D eigenvalue weighted by Crippen LogP contribution is 2.32. The summed E-state index contributed by atoms with van der Waals surface area (Å²) in [6, 6.07) is 5.35. The van der Waals surface area contributed by atoms with Crippen LogP contribution in [0.2, 0.25) is 0 Å². The molecule has 222 valence electrons. The lowest BCUT2D eigenvalue weighted by Gasteiger charge is -2.24. The Morgan fingerprint density at radius 2 is 2.02 bits per heavy atom. The van der Waals surface area contributed by atoms with Gasteiger partial charge >= 0.3 is 0 Å². The molecule has 0 radical (unpaired) electrons. The van der Waals surface area contributed by atoms with Crippen LogP contribution in [0.5, 0.6) is 11.5 Å². The number of phenols is 1. The molecule has 2 heterocycles. The molecule has 0 bridgehead atoms. The van der Waals surface area contributed by atoms with Gasteiger partial charge in [0.25, 0.3) is 0 Å². The lowest BCUT2D eigenvalue weighted by Crippen LogP contribution is -2.46. The molecule has 0 fully saturated rings. The number of hydrogen-bond acceptors (Lipinski definition) is 8. The summed E-state index contributed by atoms with van der Waals surface area (Å²) >= 11 is 0. The molecule has 1 aromatic carbocycles. The molecular formula is C31H48N3O6+. The number of likely N-dealkylation sites (N-methyl/N-ethyl adjacent to an activating group) is 1. The Kier molecular flexibility index (Phi) is 12.8. The zero-order valence-corrected chi connectivity index (χ0v) is 24.3. The molecule has 0 aliphatic carbocycles. The van der Waals surface area contributed by atoms with E-state index in [1.165, 1.54) is 0 Å². The van der Waals surface area contributed by atoms with Crippen LogP contribution < -0.4 is 15.4 Å². The lowest BCUT2D eigenvalue weighted by atomic mass is 9.88. The van der Waals surface area contributed by atoms with E-state index in [1.54, 1.807) is 25.3 Å². The van der Waals surface area contributed by atoms with E-state index >= 15 is 0 Å². The molecule has 40 heavy (non-hydrogen) atoms. The Balaban J connectivity index is 1.53. The van der Waals surface area contributed by atoms with Crippen molar-refractivity contribution in [2.45, 2.75) is 77.2 Å². The van der Waals surface area contributed by atoms with Crippen molar-refractivity contribution < 1.29 is 29.9 Å². The van der Waals surface area contributed by atoms with Crippen LogP contribution in [0.1, 0.15) is 52.0 Å². The second-order valence-electron chi connectivity index (χ2n) is 10.8. The molecule has 2 aliphatic rings. The Hall–Kier alpha value is -2.53. The summed E-state index contributed by atoms with van der Waals surface area (Å²) in [5.41, 5.74) is 2.49. The van der Waals surface area contributed by atoms with Crippen molar-refractivity contribution in [2.75, 3.05) is 33.4 Å². The van der Waals surface area contributed by atoms with E-state index in [0.717, 1.165) is 61.8 Å². The van der Waals surface area contributed by atoms with Crippen molar-refractivity contribution in [3.05, 3.63) is 59.2 Å². The molecule has 2 aliphatic heterocycles. The molecule has 0 aromatic heterocycles. The predicted octanol–water partition coefficient (Wildman–Crippen LogP) is 2.35. The van der Waals surface area contributed by atoms with Crippen molar-refractivity contribution in [1.29, 1.82) is 0 Å². The van der Waals surface area contributed by atoms with Crippen LogP contribution in [0.4, 0.5) is 0 Å². The number of ether oxygens (including phenoxy) is 2. The van der Waals surface area contributed by atoms with Crippen LogP contribution >= 0.6 is 0 Å². The quantitative estimate of drug-likeness (QED) is 0.120. The number of aliphatic imine (C=N–C) groups is 1. The Labute approximate surface area is 239 Å². The minimum atomic E-state index is -0.952. The number of aryl methyl sites for hydroxylation is 1. The van der Waals surface area contributed by atoms with Gasteiger partial charge in [-0.3, -0.25) is 0 Å². The van der Waals surface area contributed by atoms with E-state index in [9.17, 15) is 20.4 Å². The zero-order chi connectivity index (χ0) is 29.1. The highest BCUT2D eigenvalue weighted by atomic mass is 16.5. The molecule has 9 heteroatoms. The maximum absolute atomic E-state index is 10.8. The molecule has 9 nitrogen and oxygen atoms in total. The topological polar surface area (TPSA) is 139 Å². The molecule has 5 atom stereocenters. The number of nitrogens with zero attached hydrogens (tertiary/aromatic N) is 1. The summed E-state index contributed by atoms with van der Waals surface area (Å²) in [7, 11) is 1.89. The average Bonchev–Trinajstić information content (AvgIpc) is 3.59. The number of allylic oxidation sites excluding steroid dienone is 1. The second kappa shape index (κ2) is 16.0. The number of rotatable bonds is 18. The largest absolute Gasteiger partial charge is 0.504 e. The molecule has 1 aromatic rings. The molecule has 7 N–H and O–H groups in total. The van der Waals surface area contributed by atoms with Crippen LogP contribution in [0, 0.1) is 17.9 Å². The first-order chi connectivity index (χ1) is 19.2. The van der Waals surface area contributed by atoms with Crippen LogP contribution in [-0.4, -0.2) is 89.1 Å². The molecule has 0 amide bonds. The standard InChI is InChI=1S/C31H47N3O6/c1-5-6-7-30-24(18-35)13-25(40-30)10-8-22-9-11-28(37)31(12-22)39-19-29(38)26-14-23(16-34-26)21(3)27(17-32-4)33-15-20(2)36/h9,11-14,16,20-21,27,29-30,32-33,35-36,38,40H,5-8,10,15,17-19H2,1-4H3/p+1/t20-,21-,27-,29-,30?/m0/s1. The predicted molar refractivity (Wildman–Crippen MR) is 158 cm³/mol. The molecule has 3 rings (SSSR count). The first-order valence-electron chi connectivity index (χ1n) is 14.4. The Morgan fingerprint density at radius 3 is 2.73 bits per heavy atom. The third-order valence-corrected chi connectivity index (χ3v) is 7.45. The monoisotopic (exact) mass is 558 g/mol. The minimum absolute atomic E-state index is 0.0140. The van der Waals surface area contributed by atoms with Crippen molar-refractivity contribution >= 4 is 6.21 Å². The fourth-order valence-electron chi connectivity index (χ4n) is 4.95. The first-order valence-corrected chi connectivity index (χ1v) is 14.4. The summed E-state index contributed by atoms with van der Waals surface area (Å²) < 4.78 is 10.6. The molecule has 0 saturated carbocycles. The van der Waals surface area contributed by atoms with Gasteiger partial charge in [-0.1, -0.05) is 19.4 Å². The normalized spacial score (nSPS) is 19.9. The van der Waals surface area contributed by atoms with Crippen molar-refractivity contribution in [1.82, 2.24) is 10.6 Å². The molecule has 0 saturated heterocycles. The van der Waals surface area contributed by atoms with E-state index in [0.29, 0.717) is 18.0 Å². The highest BCUT2D eigenvalue weighted by Gasteiger charge is 2.35. The molecule has 0 spiro atoms. The number of phenolic OH excluding ortho intramolecular Hbond substituents is 1. The zero-order valence-electron chi connectivity index (χ0n) is 24.3. The fourth-order valence-corrected chi connectivity index (χ4v) is 4.95. The van der Waals surface area contributed by atoms with Crippen molar-refractivity contribution in [2.24, 2.45) is 10.9 Å². The number of unbranched alkanes of at least 4 members (excludes halogenated alkanes) is 1. The van der Waals surface area contributed by atoms with Gasteiger partial charge in [0.05, 0.1) is 18.1 Å². The average molecular weight is 559 g/mol. The smallest absolute Gasteiger partial charge is 0.207 e. The van der Waals surface area contributed by atoms with Crippen LogP contribution in [0.15, 0.2) is 46.6 Å². The lowest BCUT2D eigenvalue weighted by molar-refractivity contribution is -0.0550. The summed E-state index contributed by atoms with van der Waals surface area (Å²) in [6.07, 6.45) is 9.94. The summed E-state index contributed by atoms with van der Waals surface area (Å²) in [4.78, 5) is 4.41. The second-order valence-corrected chi connectivity index (χ2v) is 10.8. The van der Waals surface area contributed by atoms with Gasteiger partial charge in [-0.15, -0.1) is 16.6 Å². The number of aliphatic hydroxyl groups is 5. The third-order valence-electron chi connectivity index (χ3n) is 7.45. The van der Waals surface area contributed by atoms with E-state index < -0.39 is 12.2 Å². The maximum atomic E-state index is 10.8. The fraction of sp³-hybridized carbons (Fsp3) is 0.581. The first kappa shape index (κ1) is 32.0. The third kappa shape index (κ3) is 9.26. The maximum Gasteiger partial charge on any atom is 0.207 e. The van der Waals surface area contributed by atoms with Crippen LogP contribution in [-0.2, 0) is 6.42 Å². The number of hydrogen-bond donors (Lipinski definition) is 6. The number of benzene rings is 1.